The van der Waals surface area contributed by atoms with Crippen LogP contribution in [0, 0.1) is 5.92 Å². The molecule has 0 amide bonds. The molecular formula is C18H21F3N4O. The van der Waals surface area contributed by atoms with Crippen molar-refractivity contribution in [3.63, 3.8) is 0 Å². The molecule has 26 heavy (non-hydrogen) atoms. The molecule has 0 radical (unpaired) electrons. The molecule has 0 fully saturated rings. The van der Waals surface area contributed by atoms with Gasteiger partial charge in [-0.2, -0.15) is 18.2 Å². The number of hydrogen-bond donors (Lipinski definition) is 2. The second-order valence-corrected chi connectivity index (χ2v) is 6.30. The van der Waals surface area contributed by atoms with Gasteiger partial charge in [0.2, 0.25) is 5.95 Å². The number of anilines is 3. The van der Waals surface area contributed by atoms with E-state index in [0.29, 0.717) is 17.4 Å². The quantitative estimate of drug-likeness (QED) is 0.821. The second kappa shape index (κ2) is 7.01. The molecule has 0 saturated carbocycles. The largest absolute Gasteiger partial charge is 0.494 e. The number of methoxy groups -OCH3 is 1. The smallest absolute Gasteiger partial charge is 0.421 e. The van der Waals surface area contributed by atoms with Gasteiger partial charge in [0.05, 0.1) is 12.8 Å². The summed E-state index contributed by atoms with van der Waals surface area (Å²) >= 11 is 0. The van der Waals surface area contributed by atoms with Gasteiger partial charge >= 0.3 is 6.18 Å². The highest BCUT2D eigenvalue weighted by molar-refractivity contribution is 5.68. The summed E-state index contributed by atoms with van der Waals surface area (Å²) in [6, 6.07) is 3.88. The molecule has 1 heterocycles. The molecule has 1 aliphatic rings. The van der Waals surface area contributed by atoms with E-state index in [4.69, 9.17) is 4.74 Å². The first kappa shape index (κ1) is 18.3. The lowest BCUT2D eigenvalue weighted by atomic mass is 10.0. The van der Waals surface area contributed by atoms with Crippen molar-refractivity contribution < 1.29 is 17.9 Å². The van der Waals surface area contributed by atoms with Crippen LogP contribution in [0.4, 0.5) is 30.6 Å². The van der Waals surface area contributed by atoms with Crippen molar-refractivity contribution in [1.82, 2.24) is 9.97 Å². The number of hydrogen-bond acceptors (Lipinski definition) is 5. The van der Waals surface area contributed by atoms with Crippen LogP contribution in [0.3, 0.4) is 0 Å². The van der Waals surface area contributed by atoms with Gasteiger partial charge in [-0.05, 0) is 36.0 Å². The van der Waals surface area contributed by atoms with Crippen molar-refractivity contribution in [2.75, 3.05) is 24.8 Å². The maximum Gasteiger partial charge on any atom is 0.421 e. The first-order valence-corrected chi connectivity index (χ1v) is 8.45. The number of alkyl halides is 3. The van der Waals surface area contributed by atoms with E-state index in [1.165, 1.54) is 12.6 Å². The Morgan fingerprint density at radius 1 is 1.27 bits per heavy atom. The molecule has 1 atom stereocenters. The number of benzene rings is 1. The maximum atomic E-state index is 13.0. The highest BCUT2D eigenvalue weighted by Gasteiger charge is 2.35. The Hall–Kier alpha value is -2.51. The topological polar surface area (TPSA) is 59.1 Å². The van der Waals surface area contributed by atoms with E-state index in [1.807, 2.05) is 12.1 Å². The van der Waals surface area contributed by atoms with Gasteiger partial charge in [0, 0.05) is 13.2 Å². The Balaban J connectivity index is 1.93. The summed E-state index contributed by atoms with van der Waals surface area (Å²) in [5, 5.41) is 5.45. The lowest BCUT2D eigenvalue weighted by Crippen LogP contribution is -2.12. The monoisotopic (exact) mass is 366 g/mol. The van der Waals surface area contributed by atoms with Crippen molar-refractivity contribution in [2.45, 2.75) is 32.4 Å². The van der Waals surface area contributed by atoms with E-state index in [-0.39, 0.29) is 11.8 Å². The van der Waals surface area contributed by atoms with E-state index in [9.17, 15) is 13.2 Å². The van der Waals surface area contributed by atoms with E-state index in [0.717, 1.165) is 31.0 Å². The lowest BCUT2D eigenvalue weighted by Gasteiger charge is -2.16. The SMILES string of the molecule is CCC1Cc2ccc(Nc3ncc(C(F)(F)F)c(NC)n3)c(OC)c2C1. The number of aromatic nitrogens is 2. The third kappa shape index (κ3) is 3.40. The zero-order valence-electron chi connectivity index (χ0n) is 14.9. The molecule has 1 aromatic heterocycles. The van der Waals surface area contributed by atoms with E-state index in [2.05, 4.69) is 27.5 Å². The summed E-state index contributed by atoms with van der Waals surface area (Å²) in [7, 11) is 2.98. The van der Waals surface area contributed by atoms with E-state index >= 15 is 0 Å². The van der Waals surface area contributed by atoms with Crippen LogP contribution in [0.15, 0.2) is 18.3 Å². The molecule has 0 saturated heterocycles. The van der Waals surface area contributed by atoms with Crippen molar-refractivity contribution in [3.05, 3.63) is 35.0 Å². The molecule has 0 aliphatic heterocycles. The molecule has 3 rings (SSSR count). The Morgan fingerprint density at radius 3 is 2.65 bits per heavy atom. The van der Waals surface area contributed by atoms with Gasteiger partial charge in [-0.25, -0.2) is 4.98 Å². The minimum absolute atomic E-state index is 0.0747. The maximum absolute atomic E-state index is 13.0. The Morgan fingerprint density at radius 2 is 2.04 bits per heavy atom. The Labute approximate surface area is 150 Å². The number of ether oxygens (including phenoxy) is 1. The first-order valence-electron chi connectivity index (χ1n) is 8.45. The van der Waals surface area contributed by atoms with Crippen molar-refractivity contribution in [1.29, 1.82) is 0 Å². The van der Waals surface area contributed by atoms with Crippen molar-refractivity contribution in [2.24, 2.45) is 5.92 Å². The van der Waals surface area contributed by atoms with Crippen molar-refractivity contribution >= 4 is 17.5 Å². The van der Waals surface area contributed by atoms with Crippen LogP contribution in [0.2, 0.25) is 0 Å². The van der Waals surface area contributed by atoms with Crippen LogP contribution in [0.5, 0.6) is 5.75 Å². The summed E-state index contributed by atoms with van der Waals surface area (Å²) in [5.41, 5.74) is 2.13. The van der Waals surface area contributed by atoms with Crippen LogP contribution in [0.1, 0.15) is 30.0 Å². The van der Waals surface area contributed by atoms with Crippen LogP contribution in [0.25, 0.3) is 0 Å². The van der Waals surface area contributed by atoms with Crippen LogP contribution < -0.4 is 15.4 Å². The standard InChI is InChI=1S/C18H21F3N4O/c1-4-10-7-11-5-6-14(15(26-3)12(11)8-10)24-17-23-9-13(18(19,20)21)16(22-2)25-17/h5-6,9-10H,4,7-8H2,1-3H3,(H2,22,23,24,25). The highest BCUT2D eigenvalue weighted by atomic mass is 19.4. The fraction of sp³-hybridized carbons (Fsp3) is 0.444. The minimum atomic E-state index is -4.52. The van der Waals surface area contributed by atoms with Gasteiger partial charge in [0.1, 0.15) is 17.1 Å². The zero-order chi connectivity index (χ0) is 18.9. The predicted molar refractivity (Wildman–Crippen MR) is 94.0 cm³/mol. The predicted octanol–water partition coefficient (Wildman–Crippen LogP) is 4.41. The van der Waals surface area contributed by atoms with E-state index < -0.39 is 11.7 Å². The first-order chi connectivity index (χ1) is 12.4. The molecule has 5 nitrogen and oxygen atoms in total. The summed E-state index contributed by atoms with van der Waals surface area (Å²) in [4.78, 5) is 7.76. The number of halogens is 3. The van der Waals surface area contributed by atoms with Gasteiger partial charge in [-0.1, -0.05) is 19.4 Å². The lowest BCUT2D eigenvalue weighted by molar-refractivity contribution is -0.137. The molecule has 1 aromatic carbocycles. The van der Waals surface area contributed by atoms with Gasteiger partial charge in [-0.3, -0.25) is 0 Å². The van der Waals surface area contributed by atoms with Crippen LogP contribution in [-0.2, 0) is 19.0 Å². The molecule has 1 unspecified atom stereocenters. The normalized spacial score (nSPS) is 16.3. The summed E-state index contributed by atoms with van der Waals surface area (Å²) < 4.78 is 44.5. The fourth-order valence-corrected chi connectivity index (χ4v) is 3.34. The van der Waals surface area contributed by atoms with Gasteiger partial charge in [0.25, 0.3) is 0 Å². The number of nitrogens with zero attached hydrogens (tertiary/aromatic N) is 2. The third-order valence-corrected chi connectivity index (χ3v) is 4.72. The van der Waals surface area contributed by atoms with Crippen LogP contribution in [-0.4, -0.2) is 24.1 Å². The zero-order valence-corrected chi connectivity index (χ0v) is 14.9. The average molecular weight is 366 g/mol. The number of rotatable bonds is 5. The third-order valence-electron chi connectivity index (χ3n) is 4.72. The van der Waals surface area contributed by atoms with E-state index in [1.54, 1.807) is 7.11 Å². The molecule has 2 N–H and O–H groups in total. The van der Waals surface area contributed by atoms with Crippen molar-refractivity contribution in [3.8, 4) is 5.75 Å². The summed E-state index contributed by atoms with van der Waals surface area (Å²) in [6.45, 7) is 2.16. The molecule has 0 spiro atoms. The highest BCUT2D eigenvalue weighted by Crippen LogP contribution is 2.41. The fourth-order valence-electron chi connectivity index (χ4n) is 3.34. The molecule has 1 aliphatic carbocycles. The molecule has 140 valence electrons. The van der Waals surface area contributed by atoms with Gasteiger partial charge in [-0.15, -0.1) is 0 Å². The molecule has 8 heteroatoms. The molecule has 0 bridgehead atoms. The summed E-state index contributed by atoms with van der Waals surface area (Å²) in [5.74, 6) is 1.09. The second-order valence-electron chi connectivity index (χ2n) is 6.30. The molecular weight excluding hydrogens is 345 g/mol. The molecule has 2 aromatic rings. The summed E-state index contributed by atoms with van der Waals surface area (Å²) in [6.07, 6.45) is -0.705. The van der Waals surface area contributed by atoms with Gasteiger partial charge < -0.3 is 15.4 Å². The number of fused-ring (bicyclic) bond motifs is 1. The number of nitrogens with one attached hydrogen (secondary N) is 2. The minimum Gasteiger partial charge on any atom is -0.494 e. The Bertz CT molecular complexity index is 808. The van der Waals surface area contributed by atoms with Gasteiger partial charge in [0.15, 0.2) is 0 Å². The average Bonchev–Trinajstić information content (AvgIpc) is 3.04. The van der Waals surface area contributed by atoms with Crippen LogP contribution >= 0.6 is 0 Å². The Kier molecular flexibility index (Phi) is 4.93.